The van der Waals surface area contributed by atoms with Crippen molar-refractivity contribution in [1.29, 1.82) is 0 Å². The number of ether oxygens (including phenoxy) is 1. The minimum Gasteiger partial charge on any atom is -0.481 e. The van der Waals surface area contributed by atoms with E-state index in [9.17, 15) is 4.79 Å². The van der Waals surface area contributed by atoms with E-state index in [1.165, 1.54) is 19.3 Å². The van der Waals surface area contributed by atoms with Crippen LogP contribution in [0.2, 0.25) is 0 Å². The van der Waals surface area contributed by atoms with Gasteiger partial charge < -0.3 is 9.84 Å². The summed E-state index contributed by atoms with van der Waals surface area (Å²) in [7, 11) is 0. The van der Waals surface area contributed by atoms with E-state index in [2.05, 4.69) is 6.92 Å². The van der Waals surface area contributed by atoms with E-state index in [1.807, 2.05) is 20.8 Å². The fourth-order valence-electron chi connectivity index (χ4n) is 2.57. The number of rotatable bonds is 7. The van der Waals surface area contributed by atoms with Gasteiger partial charge in [0.1, 0.15) is 0 Å². The topological polar surface area (TPSA) is 46.5 Å². The summed E-state index contributed by atoms with van der Waals surface area (Å²) < 4.78 is 5.80. The van der Waals surface area contributed by atoms with E-state index in [1.54, 1.807) is 0 Å². The van der Waals surface area contributed by atoms with Gasteiger partial charge in [0, 0.05) is 12.0 Å². The Hall–Kier alpha value is -0.570. The van der Waals surface area contributed by atoms with Gasteiger partial charge in [0.2, 0.25) is 0 Å². The van der Waals surface area contributed by atoms with Gasteiger partial charge in [-0.25, -0.2) is 0 Å². The molecule has 2 atom stereocenters. The summed E-state index contributed by atoms with van der Waals surface area (Å²) in [6.07, 6.45) is 4.64. The second kappa shape index (κ2) is 4.74. The third-order valence-corrected chi connectivity index (χ3v) is 4.12. The number of hydrogen-bond acceptors (Lipinski definition) is 2. The molecule has 1 saturated carbocycles. The zero-order valence-corrected chi connectivity index (χ0v) is 10.9. The van der Waals surface area contributed by atoms with Crippen LogP contribution in [0.25, 0.3) is 0 Å². The van der Waals surface area contributed by atoms with Gasteiger partial charge in [-0.15, -0.1) is 0 Å². The first-order chi connectivity index (χ1) is 7.38. The number of aliphatic carboxylic acids is 1. The molecule has 0 aromatic heterocycles. The lowest BCUT2D eigenvalue weighted by molar-refractivity contribution is -0.141. The molecule has 0 bridgehead atoms. The van der Waals surface area contributed by atoms with E-state index >= 15 is 0 Å². The van der Waals surface area contributed by atoms with Gasteiger partial charge in [-0.1, -0.05) is 40.0 Å². The summed E-state index contributed by atoms with van der Waals surface area (Å²) in [6.45, 7) is 8.72. The quantitative estimate of drug-likeness (QED) is 0.681. The molecule has 3 heteroatoms. The first-order valence-corrected chi connectivity index (χ1v) is 6.24. The van der Waals surface area contributed by atoms with E-state index in [-0.39, 0.29) is 11.3 Å². The van der Waals surface area contributed by atoms with Crippen molar-refractivity contribution in [2.45, 2.75) is 59.0 Å². The first kappa shape index (κ1) is 13.5. The zero-order chi connectivity index (χ0) is 12.4. The average molecular weight is 228 g/mol. The molecule has 0 aromatic carbocycles. The van der Waals surface area contributed by atoms with Crippen molar-refractivity contribution in [2.24, 2.45) is 11.3 Å². The zero-order valence-electron chi connectivity index (χ0n) is 10.9. The molecule has 16 heavy (non-hydrogen) atoms. The number of carboxylic acids is 1. The highest BCUT2D eigenvalue weighted by Crippen LogP contribution is 2.63. The summed E-state index contributed by atoms with van der Waals surface area (Å²) in [4.78, 5) is 11.0. The lowest BCUT2D eigenvalue weighted by atomic mass is 10.1. The van der Waals surface area contributed by atoms with Gasteiger partial charge in [-0.05, 0) is 13.3 Å². The van der Waals surface area contributed by atoms with Crippen molar-refractivity contribution in [2.75, 3.05) is 6.61 Å². The smallest absolute Gasteiger partial charge is 0.310 e. The molecule has 1 aliphatic carbocycles. The molecule has 94 valence electrons. The Balaban J connectivity index is 2.34. The predicted molar refractivity (Wildman–Crippen MR) is 63.4 cm³/mol. The number of carboxylic acid groups (broad SMARTS) is 1. The average Bonchev–Trinajstić information content (AvgIpc) is 2.60. The van der Waals surface area contributed by atoms with Gasteiger partial charge in [0.05, 0.1) is 11.5 Å². The lowest BCUT2D eigenvalue weighted by Gasteiger charge is -2.15. The van der Waals surface area contributed by atoms with Crippen LogP contribution in [0.1, 0.15) is 53.4 Å². The highest BCUT2D eigenvalue weighted by Gasteiger charge is 2.73. The summed E-state index contributed by atoms with van der Waals surface area (Å²) in [5, 5.41) is 9.09. The van der Waals surface area contributed by atoms with Crippen LogP contribution in [0.3, 0.4) is 0 Å². The molecule has 1 N–H and O–H groups in total. The van der Waals surface area contributed by atoms with Gasteiger partial charge in [-0.2, -0.15) is 0 Å². The number of hydrogen-bond donors (Lipinski definition) is 1. The molecule has 1 fully saturated rings. The molecule has 0 heterocycles. The molecular formula is C13H24O3. The van der Waals surface area contributed by atoms with Crippen molar-refractivity contribution < 1.29 is 14.6 Å². The van der Waals surface area contributed by atoms with Gasteiger partial charge >= 0.3 is 5.97 Å². The molecule has 0 radical (unpaired) electrons. The summed E-state index contributed by atoms with van der Waals surface area (Å²) in [5.74, 6) is -1.09. The van der Waals surface area contributed by atoms with Crippen LogP contribution in [0.15, 0.2) is 0 Å². The lowest BCUT2D eigenvalue weighted by Crippen LogP contribution is -2.19. The molecule has 0 saturated heterocycles. The van der Waals surface area contributed by atoms with E-state index in [4.69, 9.17) is 9.84 Å². The van der Waals surface area contributed by atoms with Crippen molar-refractivity contribution in [1.82, 2.24) is 0 Å². The maximum absolute atomic E-state index is 11.0. The van der Waals surface area contributed by atoms with Crippen LogP contribution in [0.5, 0.6) is 0 Å². The third kappa shape index (κ3) is 2.24. The van der Waals surface area contributed by atoms with Crippen LogP contribution in [0, 0.1) is 11.3 Å². The monoisotopic (exact) mass is 228 g/mol. The Bertz CT molecular complexity index is 260. The number of carbonyl (C=O) groups is 1. The molecule has 3 nitrogen and oxygen atoms in total. The first-order valence-electron chi connectivity index (χ1n) is 6.24. The molecule has 2 unspecified atom stereocenters. The molecule has 0 aromatic rings. The van der Waals surface area contributed by atoms with Crippen LogP contribution < -0.4 is 0 Å². The Morgan fingerprint density at radius 3 is 2.31 bits per heavy atom. The highest BCUT2D eigenvalue weighted by atomic mass is 16.5. The van der Waals surface area contributed by atoms with Crippen LogP contribution in [-0.4, -0.2) is 23.3 Å². The molecular weight excluding hydrogens is 204 g/mol. The van der Waals surface area contributed by atoms with Crippen LogP contribution in [0.4, 0.5) is 0 Å². The van der Waals surface area contributed by atoms with Gasteiger partial charge in [-0.3, -0.25) is 4.79 Å². The van der Waals surface area contributed by atoms with Crippen molar-refractivity contribution in [3.05, 3.63) is 0 Å². The van der Waals surface area contributed by atoms with E-state index in [0.29, 0.717) is 6.61 Å². The van der Waals surface area contributed by atoms with E-state index < -0.39 is 11.6 Å². The fraction of sp³-hybridized carbons (Fsp3) is 0.923. The summed E-state index contributed by atoms with van der Waals surface area (Å²) in [5.41, 5.74) is -0.700. The SMILES string of the molecule is CCCCCCOC1(C)C(C(=O)O)C1(C)C. The molecule has 0 aliphatic heterocycles. The Morgan fingerprint density at radius 1 is 1.25 bits per heavy atom. The van der Waals surface area contributed by atoms with E-state index in [0.717, 1.165) is 6.42 Å². The Labute approximate surface area is 98.2 Å². The normalized spacial score (nSPS) is 31.4. The highest BCUT2D eigenvalue weighted by molar-refractivity contribution is 5.77. The van der Waals surface area contributed by atoms with Crippen molar-refractivity contribution in [3.8, 4) is 0 Å². The second-order valence-corrected chi connectivity index (χ2v) is 5.51. The molecule has 0 spiro atoms. The summed E-state index contributed by atoms with van der Waals surface area (Å²) in [6, 6.07) is 0. The number of unbranched alkanes of at least 4 members (excludes halogenated alkanes) is 3. The largest absolute Gasteiger partial charge is 0.481 e. The van der Waals surface area contributed by atoms with Crippen LogP contribution >= 0.6 is 0 Å². The van der Waals surface area contributed by atoms with Gasteiger partial charge in [0.15, 0.2) is 0 Å². The fourth-order valence-corrected chi connectivity index (χ4v) is 2.57. The molecule has 1 aliphatic rings. The Morgan fingerprint density at radius 2 is 1.88 bits per heavy atom. The molecule has 0 amide bonds. The van der Waals surface area contributed by atoms with Gasteiger partial charge in [0.25, 0.3) is 0 Å². The summed E-state index contributed by atoms with van der Waals surface area (Å²) >= 11 is 0. The van der Waals surface area contributed by atoms with Crippen LogP contribution in [-0.2, 0) is 9.53 Å². The maximum atomic E-state index is 11.0. The Kier molecular flexibility index (Phi) is 4.00. The minimum absolute atomic E-state index is 0.233. The molecule has 1 rings (SSSR count). The van der Waals surface area contributed by atoms with Crippen molar-refractivity contribution in [3.63, 3.8) is 0 Å². The standard InChI is InChI=1S/C13H24O3/c1-5-6-7-8-9-16-13(4)10(11(14)15)12(13,2)3/h10H,5-9H2,1-4H3,(H,14,15). The van der Waals surface area contributed by atoms with Crippen molar-refractivity contribution >= 4 is 5.97 Å². The predicted octanol–water partition coefficient (Wildman–Crippen LogP) is 3.08. The second-order valence-electron chi connectivity index (χ2n) is 5.51. The minimum atomic E-state index is -0.735. The maximum Gasteiger partial charge on any atom is 0.310 e. The third-order valence-electron chi connectivity index (χ3n) is 4.12.